The minimum atomic E-state index is -0.260. The van der Waals surface area contributed by atoms with E-state index in [0.29, 0.717) is 36.6 Å². The standard InChI is InChI=1S/C19H23ClN4O4S/c1-19-5-12(9-27-11-26-2)7-24(19)18-16(28-10-19)14(3-4-21-18)29-15-6-22-17(20)13(8-25)23-15/h3-4,6,12,25H,5,7-11H2,1-2H3/t12?,19-/m0/s1. The fourth-order valence-corrected chi connectivity index (χ4v) is 4.89. The molecular weight excluding hydrogens is 416 g/mol. The quantitative estimate of drug-likeness (QED) is 0.517. The Bertz CT molecular complexity index is 889. The van der Waals surface area contributed by atoms with Gasteiger partial charge in [0.05, 0.1) is 29.8 Å². The van der Waals surface area contributed by atoms with Crippen molar-refractivity contribution in [2.45, 2.75) is 35.4 Å². The number of aliphatic hydroxyl groups is 1. The van der Waals surface area contributed by atoms with Crippen LogP contribution in [-0.4, -0.2) is 59.3 Å². The Hall–Kier alpha value is -1.65. The highest BCUT2D eigenvalue weighted by Crippen LogP contribution is 2.48. The van der Waals surface area contributed by atoms with Crippen LogP contribution < -0.4 is 9.64 Å². The van der Waals surface area contributed by atoms with E-state index >= 15 is 0 Å². The highest BCUT2D eigenvalue weighted by Gasteiger charge is 2.47. The smallest absolute Gasteiger partial charge is 0.175 e. The van der Waals surface area contributed by atoms with E-state index in [4.69, 9.17) is 25.8 Å². The molecule has 8 nitrogen and oxygen atoms in total. The van der Waals surface area contributed by atoms with Crippen molar-refractivity contribution in [1.29, 1.82) is 0 Å². The largest absolute Gasteiger partial charge is 0.486 e. The Balaban J connectivity index is 1.57. The normalized spacial score (nSPS) is 22.9. The van der Waals surface area contributed by atoms with Crippen molar-refractivity contribution in [2.24, 2.45) is 5.92 Å². The molecule has 4 rings (SSSR count). The Labute approximate surface area is 178 Å². The number of anilines is 1. The van der Waals surface area contributed by atoms with Gasteiger partial charge in [-0.05, 0) is 19.4 Å². The SMILES string of the molecule is COCOCC1CN2c3nccc(Sc4cnc(Cl)c(CO)n4)c3OC[C@]2(C)C1. The van der Waals surface area contributed by atoms with Crippen LogP contribution in [0, 0.1) is 5.92 Å². The second kappa shape index (κ2) is 8.61. The van der Waals surface area contributed by atoms with Crippen LogP contribution in [0.15, 0.2) is 28.4 Å². The van der Waals surface area contributed by atoms with Crippen molar-refractivity contribution < 1.29 is 19.3 Å². The van der Waals surface area contributed by atoms with Crippen LogP contribution >= 0.6 is 23.4 Å². The van der Waals surface area contributed by atoms with Crippen LogP contribution in [0.3, 0.4) is 0 Å². The molecule has 0 saturated carbocycles. The minimum absolute atomic E-state index is 0.117. The number of aliphatic hydroxyl groups excluding tert-OH is 1. The average Bonchev–Trinajstić information content (AvgIpc) is 3.06. The number of rotatable bonds is 7. The van der Waals surface area contributed by atoms with Crippen molar-refractivity contribution in [3.8, 4) is 5.75 Å². The van der Waals surface area contributed by atoms with Gasteiger partial charge in [0.15, 0.2) is 16.7 Å². The molecule has 0 amide bonds. The predicted octanol–water partition coefficient (Wildman–Crippen LogP) is 2.77. The Morgan fingerprint density at radius 3 is 3.10 bits per heavy atom. The lowest BCUT2D eigenvalue weighted by Crippen LogP contribution is -2.49. The van der Waals surface area contributed by atoms with Gasteiger partial charge in [0.2, 0.25) is 0 Å². The first kappa shape index (κ1) is 20.6. The van der Waals surface area contributed by atoms with Gasteiger partial charge in [-0.2, -0.15) is 0 Å². The molecule has 0 bridgehead atoms. The van der Waals surface area contributed by atoms with E-state index in [-0.39, 0.29) is 17.3 Å². The number of ether oxygens (including phenoxy) is 3. The van der Waals surface area contributed by atoms with Gasteiger partial charge in [0, 0.05) is 25.8 Å². The summed E-state index contributed by atoms with van der Waals surface area (Å²) in [6.07, 6.45) is 4.34. The van der Waals surface area contributed by atoms with Crippen LogP contribution in [0.25, 0.3) is 0 Å². The highest BCUT2D eigenvalue weighted by molar-refractivity contribution is 7.99. The second-order valence-electron chi connectivity index (χ2n) is 7.41. The molecule has 2 aliphatic rings. The maximum absolute atomic E-state index is 9.38. The fourth-order valence-electron chi connectivity index (χ4n) is 3.88. The molecule has 29 heavy (non-hydrogen) atoms. The number of halogens is 1. The summed E-state index contributed by atoms with van der Waals surface area (Å²) in [6, 6.07) is 1.90. The van der Waals surface area contributed by atoms with Gasteiger partial charge < -0.3 is 24.2 Å². The van der Waals surface area contributed by atoms with Crippen molar-refractivity contribution in [3.63, 3.8) is 0 Å². The molecular formula is C19H23ClN4O4S. The lowest BCUT2D eigenvalue weighted by Gasteiger charge is -2.41. The molecule has 1 N–H and O–H groups in total. The molecule has 1 fully saturated rings. The summed E-state index contributed by atoms with van der Waals surface area (Å²) >= 11 is 7.36. The van der Waals surface area contributed by atoms with Crippen LogP contribution in [0.4, 0.5) is 5.82 Å². The molecule has 4 heterocycles. The number of aromatic nitrogens is 3. The zero-order valence-electron chi connectivity index (χ0n) is 16.3. The van der Waals surface area contributed by atoms with E-state index in [1.54, 1.807) is 19.5 Å². The molecule has 156 valence electrons. The number of pyridine rings is 1. The molecule has 2 aromatic rings. The van der Waals surface area contributed by atoms with Crippen molar-refractivity contribution >= 4 is 29.2 Å². The van der Waals surface area contributed by atoms with E-state index < -0.39 is 0 Å². The Morgan fingerprint density at radius 2 is 2.31 bits per heavy atom. The Kier molecular flexibility index (Phi) is 6.12. The lowest BCUT2D eigenvalue weighted by molar-refractivity contribution is -0.0419. The number of hydrogen-bond donors (Lipinski definition) is 1. The summed E-state index contributed by atoms with van der Waals surface area (Å²) < 4.78 is 16.8. The zero-order chi connectivity index (χ0) is 20.4. The zero-order valence-corrected chi connectivity index (χ0v) is 17.9. The molecule has 2 aliphatic heterocycles. The lowest BCUT2D eigenvalue weighted by atomic mass is 9.94. The number of nitrogens with zero attached hydrogens (tertiary/aromatic N) is 4. The average molecular weight is 439 g/mol. The first-order valence-corrected chi connectivity index (χ1v) is 10.5. The number of methoxy groups -OCH3 is 1. The molecule has 0 aromatic carbocycles. The molecule has 1 saturated heterocycles. The van der Waals surface area contributed by atoms with Crippen LogP contribution in [-0.2, 0) is 16.1 Å². The maximum atomic E-state index is 9.38. The molecule has 2 atom stereocenters. The number of hydrogen-bond acceptors (Lipinski definition) is 9. The summed E-state index contributed by atoms with van der Waals surface area (Å²) in [6.45, 7) is 4.32. The van der Waals surface area contributed by atoms with Gasteiger partial charge >= 0.3 is 0 Å². The van der Waals surface area contributed by atoms with Crippen molar-refractivity contribution in [1.82, 2.24) is 15.0 Å². The molecule has 0 radical (unpaired) electrons. The van der Waals surface area contributed by atoms with Gasteiger partial charge in [-0.15, -0.1) is 0 Å². The van der Waals surface area contributed by atoms with Crippen LogP contribution in [0.5, 0.6) is 5.75 Å². The molecule has 1 unspecified atom stereocenters. The maximum Gasteiger partial charge on any atom is 0.175 e. The van der Waals surface area contributed by atoms with Gasteiger partial charge in [-0.1, -0.05) is 23.4 Å². The topological polar surface area (TPSA) is 89.8 Å². The summed E-state index contributed by atoms with van der Waals surface area (Å²) in [5.74, 6) is 1.97. The summed E-state index contributed by atoms with van der Waals surface area (Å²) in [5.41, 5.74) is 0.237. The summed E-state index contributed by atoms with van der Waals surface area (Å²) in [4.78, 5) is 16.3. The summed E-state index contributed by atoms with van der Waals surface area (Å²) in [5, 5.41) is 10.2. The first-order chi connectivity index (χ1) is 14.0. The van der Waals surface area contributed by atoms with Gasteiger partial charge in [-0.3, -0.25) is 0 Å². The fraction of sp³-hybridized carbons (Fsp3) is 0.526. The van der Waals surface area contributed by atoms with E-state index in [1.165, 1.54) is 11.8 Å². The third-order valence-corrected chi connectivity index (χ3v) is 6.41. The monoisotopic (exact) mass is 438 g/mol. The van der Waals surface area contributed by atoms with Crippen molar-refractivity contribution in [3.05, 3.63) is 29.3 Å². The predicted molar refractivity (Wildman–Crippen MR) is 109 cm³/mol. The molecule has 0 spiro atoms. The highest BCUT2D eigenvalue weighted by atomic mass is 35.5. The Morgan fingerprint density at radius 1 is 1.45 bits per heavy atom. The van der Waals surface area contributed by atoms with Gasteiger partial charge in [0.25, 0.3) is 0 Å². The minimum Gasteiger partial charge on any atom is -0.486 e. The van der Waals surface area contributed by atoms with Crippen molar-refractivity contribution in [2.75, 3.05) is 38.6 Å². The van der Waals surface area contributed by atoms with Gasteiger partial charge in [0.1, 0.15) is 24.1 Å². The second-order valence-corrected chi connectivity index (χ2v) is 8.83. The molecule has 0 aliphatic carbocycles. The molecule has 10 heteroatoms. The van der Waals surface area contributed by atoms with E-state index in [0.717, 1.165) is 29.4 Å². The van der Waals surface area contributed by atoms with E-state index in [9.17, 15) is 5.11 Å². The third kappa shape index (κ3) is 4.15. The summed E-state index contributed by atoms with van der Waals surface area (Å²) in [7, 11) is 1.63. The molecule has 2 aromatic heterocycles. The van der Waals surface area contributed by atoms with Crippen LogP contribution in [0.2, 0.25) is 5.15 Å². The van der Waals surface area contributed by atoms with Gasteiger partial charge in [-0.25, -0.2) is 15.0 Å². The third-order valence-electron chi connectivity index (χ3n) is 5.14. The first-order valence-electron chi connectivity index (χ1n) is 9.30. The van der Waals surface area contributed by atoms with E-state index in [2.05, 4.69) is 26.8 Å². The van der Waals surface area contributed by atoms with E-state index in [1.807, 2.05) is 6.07 Å². The van der Waals surface area contributed by atoms with Crippen LogP contribution in [0.1, 0.15) is 19.0 Å². The number of fused-ring (bicyclic) bond motifs is 3.